The Morgan fingerprint density at radius 3 is 2.42 bits per heavy atom. The van der Waals surface area contributed by atoms with Crippen LogP contribution in [0.3, 0.4) is 0 Å². The van der Waals surface area contributed by atoms with E-state index in [0.717, 1.165) is 19.0 Å². The van der Waals surface area contributed by atoms with Gasteiger partial charge in [0.2, 0.25) is 5.91 Å². The van der Waals surface area contributed by atoms with Crippen molar-refractivity contribution in [2.75, 3.05) is 13.1 Å². The van der Waals surface area contributed by atoms with Crippen molar-refractivity contribution in [2.45, 2.75) is 25.8 Å². The van der Waals surface area contributed by atoms with Crippen molar-refractivity contribution in [3.05, 3.63) is 0 Å². The Kier molecular flexibility index (Phi) is 1.83. The quantitative estimate of drug-likeness (QED) is 0.640. The van der Waals surface area contributed by atoms with E-state index in [-0.39, 0.29) is 5.91 Å². The summed E-state index contributed by atoms with van der Waals surface area (Å²) in [6.07, 6.45) is 2.61. The largest absolute Gasteiger partial charge is 0.342 e. The van der Waals surface area contributed by atoms with E-state index in [1.807, 2.05) is 4.90 Å². The van der Waals surface area contributed by atoms with Gasteiger partial charge in [-0.05, 0) is 18.8 Å². The van der Waals surface area contributed by atoms with Crippen LogP contribution in [-0.2, 0) is 4.79 Å². The van der Waals surface area contributed by atoms with Crippen LogP contribution in [0.15, 0.2) is 0 Å². The summed E-state index contributed by atoms with van der Waals surface area (Å²) >= 11 is 0. The Bertz CT molecular complexity index is 195. The van der Waals surface area contributed by atoms with Crippen molar-refractivity contribution >= 4 is 5.91 Å². The number of nitrogens with two attached hydrogens (primary N) is 1. The van der Waals surface area contributed by atoms with Gasteiger partial charge in [0.05, 0.1) is 0 Å². The Balaban J connectivity index is 1.76. The number of carbonyl (C=O) groups excluding carboxylic acids is 1. The van der Waals surface area contributed by atoms with Gasteiger partial charge in [-0.15, -0.1) is 0 Å². The number of carbonyl (C=O) groups is 1. The van der Waals surface area contributed by atoms with Gasteiger partial charge in [-0.25, -0.2) is 0 Å². The Morgan fingerprint density at radius 2 is 2.00 bits per heavy atom. The van der Waals surface area contributed by atoms with Crippen molar-refractivity contribution < 1.29 is 4.79 Å². The van der Waals surface area contributed by atoms with Crippen molar-refractivity contribution in [3.8, 4) is 0 Å². The highest BCUT2D eigenvalue weighted by atomic mass is 16.2. The number of rotatable bonds is 2. The molecule has 3 nitrogen and oxygen atoms in total. The van der Waals surface area contributed by atoms with E-state index in [4.69, 9.17) is 5.73 Å². The number of amides is 1. The minimum absolute atomic E-state index is 0.189. The lowest BCUT2D eigenvalue weighted by Crippen LogP contribution is -2.56. The molecular formula is C9H16N2O. The van der Waals surface area contributed by atoms with Gasteiger partial charge < -0.3 is 10.6 Å². The molecule has 3 heteroatoms. The third-order valence-electron chi connectivity index (χ3n) is 3.07. The summed E-state index contributed by atoms with van der Waals surface area (Å²) in [5.41, 5.74) is 6.01. The maximum Gasteiger partial charge on any atom is 0.219 e. The van der Waals surface area contributed by atoms with Gasteiger partial charge in [-0.2, -0.15) is 0 Å². The summed E-state index contributed by atoms with van der Waals surface area (Å²) in [5.74, 6) is 1.54. The number of nitrogens with zero attached hydrogens (tertiary/aromatic N) is 1. The van der Waals surface area contributed by atoms with Crippen LogP contribution < -0.4 is 5.73 Å². The second-order valence-electron chi connectivity index (χ2n) is 4.10. The van der Waals surface area contributed by atoms with Crippen LogP contribution in [0.25, 0.3) is 0 Å². The molecule has 1 saturated heterocycles. The average Bonchev–Trinajstić information content (AvgIpc) is 2.62. The fourth-order valence-corrected chi connectivity index (χ4v) is 1.88. The molecule has 68 valence electrons. The van der Waals surface area contributed by atoms with Crippen LogP contribution in [0.5, 0.6) is 0 Å². The lowest BCUT2D eigenvalue weighted by Gasteiger charge is -2.42. The molecule has 0 bridgehead atoms. The first kappa shape index (κ1) is 8.05. The average molecular weight is 168 g/mol. The highest BCUT2D eigenvalue weighted by molar-refractivity contribution is 5.74. The predicted molar refractivity (Wildman–Crippen MR) is 46.4 cm³/mol. The van der Waals surface area contributed by atoms with Gasteiger partial charge in [0.25, 0.3) is 0 Å². The first-order valence-corrected chi connectivity index (χ1v) is 4.69. The molecule has 1 saturated carbocycles. The zero-order valence-electron chi connectivity index (χ0n) is 7.49. The van der Waals surface area contributed by atoms with Gasteiger partial charge in [-0.1, -0.05) is 0 Å². The van der Waals surface area contributed by atoms with Crippen molar-refractivity contribution in [1.82, 2.24) is 4.90 Å². The summed E-state index contributed by atoms with van der Waals surface area (Å²) in [4.78, 5) is 12.7. The molecule has 2 fully saturated rings. The minimum atomic E-state index is 0.189. The smallest absolute Gasteiger partial charge is 0.219 e. The molecule has 0 spiro atoms. The third kappa shape index (κ3) is 1.33. The second kappa shape index (κ2) is 2.73. The zero-order chi connectivity index (χ0) is 8.72. The first-order chi connectivity index (χ1) is 5.68. The first-order valence-electron chi connectivity index (χ1n) is 4.69. The standard InChI is InChI=1S/C9H16N2O/c1-6(12)11-4-8(5-11)9(10)7-2-3-7/h7-9H,2-5,10H2,1H3. The Labute approximate surface area is 72.9 Å². The fourth-order valence-electron chi connectivity index (χ4n) is 1.88. The van der Waals surface area contributed by atoms with E-state index >= 15 is 0 Å². The third-order valence-corrected chi connectivity index (χ3v) is 3.07. The maximum absolute atomic E-state index is 10.9. The second-order valence-corrected chi connectivity index (χ2v) is 4.10. The maximum atomic E-state index is 10.9. The van der Waals surface area contributed by atoms with Gasteiger partial charge in [0.1, 0.15) is 0 Å². The molecule has 2 aliphatic rings. The van der Waals surface area contributed by atoms with Crippen molar-refractivity contribution in [2.24, 2.45) is 17.6 Å². The molecule has 2 rings (SSSR count). The Morgan fingerprint density at radius 1 is 1.42 bits per heavy atom. The molecule has 0 aromatic rings. The minimum Gasteiger partial charge on any atom is -0.342 e. The molecule has 2 N–H and O–H groups in total. The van der Waals surface area contributed by atoms with E-state index in [9.17, 15) is 4.79 Å². The van der Waals surface area contributed by atoms with E-state index in [0.29, 0.717) is 12.0 Å². The molecular weight excluding hydrogens is 152 g/mol. The summed E-state index contributed by atoms with van der Waals surface area (Å²) in [5, 5.41) is 0. The number of likely N-dealkylation sites (tertiary alicyclic amines) is 1. The highest BCUT2D eigenvalue weighted by Crippen LogP contribution is 2.37. The van der Waals surface area contributed by atoms with Crippen LogP contribution >= 0.6 is 0 Å². The van der Waals surface area contributed by atoms with Crippen LogP contribution in [0.2, 0.25) is 0 Å². The van der Waals surface area contributed by atoms with E-state index in [1.54, 1.807) is 6.92 Å². The highest BCUT2D eigenvalue weighted by Gasteiger charge is 2.40. The van der Waals surface area contributed by atoms with Gasteiger partial charge in [0.15, 0.2) is 0 Å². The van der Waals surface area contributed by atoms with E-state index in [2.05, 4.69) is 0 Å². The van der Waals surface area contributed by atoms with Gasteiger partial charge >= 0.3 is 0 Å². The molecule has 0 aromatic heterocycles. The summed E-state index contributed by atoms with van der Waals surface area (Å²) in [7, 11) is 0. The monoisotopic (exact) mass is 168 g/mol. The number of hydrogen-bond donors (Lipinski definition) is 1. The SMILES string of the molecule is CC(=O)N1CC(C(N)C2CC2)C1. The summed E-state index contributed by atoms with van der Waals surface area (Å²) in [6, 6.07) is 0.362. The molecule has 0 aromatic carbocycles. The molecule has 1 atom stereocenters. The molecule has 1 heterocycles. The van der Waals surface area contributed by atoms with Gasteiger partial charge in [-0.3, -0.25) is 4.79 Å². The normalized spacial score (nSPS) is 26.7. The van der Waals surface area contributed by atoms with Crippen LogP contribution in [0.4, 0.5) is 0 Å². The molecule has 1 aliphatic heterocycles. The summed E-state index contributed by atoms with van der Waals surface area (Å²) < 4.78 is 0. The molecule has 12 heavy (non-hydrogen) atoms. The molecule has 1 amide bonds. The number of hydrogen-bond acceptors (Lipinski definition) is 2. The van der Waals surface area contributed by atoms with Gasteiger partial charge in [0, 0.05) is 32.0 Å². The van der Waals surface area contributed by atoms with Crippen LogP contribution in [0.1, 0.15) is 19.8 Å². The van der Waals surface area contributed by atoms with Crippen LogP contribution in [0, 0.1) is 11.8 Å². The van der Waals surface area contributed by atoms with Crippen LogP contribution in [-0.4, -0.2) is 29.9 Å². The molecule has 1 unspecified atom stereocenters. The topological polar surface area (TPSA) is 46.3 Å². The van der Waals surface area contributed by atoms with E-state index < -0.39 is 0 Å². The fraction of sp³-hybridized carbons (Fsp3) is 0.889. The Hall–Kier alpha value is -0.570. The zero-order valence-corrected chi connectivity index (χ0v) is 7.49. The molecule has 0 radical (unpaired) electrons. The predicted octanol–water partition coefficient (Wildman–Crippen LogP) is 0.202. The lowest BCUT2D eigenvalue weighted by atomic mass is 9.89. The lowest BCUT2D eigenvalue weighted by molar-refractivity contribution is -0.135. The van der Waals surface area contributed by atoms with E-state index in [1.165, 1.54) is 12.8 Å². The summed E-state index contributed by atoms with van der Waals surface area (Å²) in [6.45, 7) is 3.42. The van der Waals surface area contributed by atoms with Crippen molar-refractivity contribution in [1.29, 1.82) is 0 Å². The van der Waals surface area contributed by atoms with Crippen molar-refractivity contribution in [3.63, 3.8) is 0 Å². The molecule has 1 aliphatic carbocycles.